The van der Waals surface area contributed by atoms with Crippen LogP contribution >= 0.6 is 11.6 Å². The summed E-state index contributed by atoms with van der Waals surface area (Å²) >= 11 is 6.18. The van der Waals surface area contributed by atoms with Gasteiger partial charge < -0.3 is 9.82 Å². The third kappa shape index (κ3) is 4.59. The first-order chi connectivity index (χ1) is 12.8. The zero-order chi connectivity index (χ0) is 19.6. The number of halogens is 1. The van der Waals surface area contributed by atoms with Gasteiger partial charge in [-0.2, -0.15) is 0 Å². The molecule has 1 N–H and O–H groups in total. The van der Waals surface area contributed by atoms with Crippen LogP contribution in [0.2, 0.25) is 5.02 Å². The topological polar surface area (TPSA) is 88.6 Å². The van der Waals surface area contributed by atoms with Gasteiger partial charge >= 0.3 is 0 Å². The molecule has 1 fully saturated rings. The van der Waals surface area contributed by atoms with Crippen molar-refractivity contribution in [3.8, 4) is 0 Å². The van der Waals surface area contributed by atoms with Gasteiger partial charge in [-0.1, -0.05) is 28.9 Å². The van der Waals surface area contributed by atoms with Gasteiger partial charge in [0, 0.05) is 17.4 Å². The largest absolute Gasteiger partial charge is 0.392 e. The number of rotatable bonds is 5. The van der Waals surface area contributed by atoms with Gasteiger partial charge in [0.15, 0.2) is 9.84 Å². The van der Waals surface area contributed by atoms with Gasteiger partial charge in [-0.25, -0.2) is 8.42 Å². The van der Waals surface area contributed by atoms with E-state index in [0.717, 1.165) is 31.9 Å². The Labute approximate surface area is 163 Å². The summed E-state index contributed by atoms with van der Waals surface area (Å²) in [7, 11) is -3.44. The molecule has 0 atom stereocenters. The molecule has 1 heterocycles. The summed E-state index contributed by atoms with van der Waals surface area (Å²) in [6, 6.07) is 8.01. The number of hydrogen-bond donors (Lipinski definition) is 1. The Morgan fingerprint density at radius 2 is 1.93 bits per heavy atom. The van der Waals surface area contributed by atoms with Crippen molar-refractivity contribution >= 4 is 27.1 Å². The number of sulfone groups is 1. The molecule has 1 aliphatic carbocycles. The Morgan fingerprint density at radius 1 is 1.22 bits per heavy atom. The molecule has 3 rings (SSSR count). The zero-order valence-corrected chi connectivity index (χ0v) is 16.7. The minimum absolute atomic E-state index is 0.0429. The van der Waals surface area contributed by atoms with Crippen LogP contribution in [0.3, 0.4) is 0 Å². The molecule has 0 saturated heterocycles. The summed E-state index contributed by atoms with van der Waals surface area (Å²) in [5.74, 6) is 0. The van der Waals surface area contributed by atoms with E-state index >= 15 is 0 Å². The molecule has 1 saturated carbocycles. The van der Waals surface area contributed by atoms with Gasteiger partial charge in [0.2, 0.25) is 0 Å². The van der Waals surface area contributed by atoms with E-state index in [2.05, 4.69) is 10.1 Å². The Kier molecular flexibility index (Phi) is 5.72. The van der Waals surface area contributed by atoms with Crippen molar-refractivity contribution < 1.29 is 13.3 Å². The van der Waals surface area contributed by atoms with Gasteiger partial charge in [0.25, 0.3) is 5.56 Å². The molecule has 0 spiro atoms. The molecule has 0 aliphatic heterocycles. The SMILES string of the molecule is Cc1ccc(/C(=N\OC2CCCC2)c2ccc(S(C)(=O)=O)c(Cl)c2)[nH]c1=O. The lowest BCUT2D eigenvalue weighted by Crippen LogP contribution is -2.17. The average Bonchev–Trinajstić information content (AvgIpc) is 3.10. The van der Waals surface area contributed by atoms with Crippen LogP contribution in [0.5, 0.6) is 0 Å². The molecule has 0 unspecified atom stereocenters. The van der Waals surface area contributed by atoms with Crippen LogP contribution in [0, 0.1) is 6.92 Å². The smallest absolute Gasteiger partial charge is 0.251 e. The summed E-state index contributed by atoms with van der Waals surface area (Å²) in [4.78, 5) is 20.5. The molecule has 6 nitrogen and oxygen atoms in total. The van der Waals surface area contributed by atoms with Crippen molar-refractivity contribution in [2.24, 2.45) is 5.16 Å². The highest BCUT2D eigenvalue weighted by molar-refractivity contribution is 7.90. The highest BCUT2D eigenvalue weighted by Crippen LogP contribution is 2.25. The second kappa shape index (κ2) is 7.86. The lowest BCUT2D eigenvalue weighted by Gasteiger charge is -2.12. The van der Waals surface area contributed by atoms with Crippen molar-refractivity contribution in [2.45, 2.75) is 43.6 Å². The summed E-state index contributed by atoms with van der Waals surface area (Å²) < 4.78 is 23.6. The molecule has 2 aromatic rings. The molecule has 0 bridgehead atoms. The standard InChI is InChI=1S/C19H21ClN2O4S/c1-12-7-9-16(21-19(12)23)18(22-26-14-5-3-4-6-14)13-8-10-17(15(20)11-13)27(2,24)25/h7-11,14H,3-6H2,1-2H3,(H,21,23)/b22-18-. The van der Waals surface area contributed by atoms with Gasteiger partial charge in [-0.3, -0.25) is 4.79 Å². The molecular weight excluding hydrogens is 388 g/mol. The minimum atomic E-state index is -3.44. The number of nitrogens with one attached hydrogen (secondary N) is 1. The number of nitrogens with zero attached hydrogens (tertiary/aromatic N) is 1. The van der Waals surface area contributed by atoms with Crippen molar-refractivity contribution in [1.82, 2.24) is 4.98 Å². The monoisotopic (exact) mass is 408 g/mol. The minimum Gasteiger partial charge on any atom is -0.392 e. The molecule has 1 aromatic heterocycles. The van der Waals surface area contributed by atoms with Gasteiger partial charge in [-0.15, -0.1) is 0 Å². The first-order valence-electron chi connectivity index (χ1n) is 8.70. The molecule has 144 valence electrons. The second-order valence-corrected chi connectivity index (χ2v) is 9.14. The first kappa shape index (κ1) is 19.6. The van der Waals surface area contributed by atoms with E-state index in [0.29, 0.717) is 22.5 Å². The number of benzene rings is 1. The normalized spacial score (nSPS) is 15.9. The fraction of sp³-hybridized carbons (Fsp3) is 0.368. The fourth-order valence-corrected chi connectivity index (χ4v) is 4.34. The summed E-state index contributed by atoms with van der Waals surface area (Å²) in [5.41, 5.74) is 1.80. The van der Waals surface area contributed by atoms with E-state index in [9.17, 15) is 13.2 Å². The van der Waals surface area contributed by atoms with Crippen LogP contribution in [0.4, 0.5) is 0 Å². The van der Waals surface area contributed by atoms with Crippen LogP contribution in [0.25, 0.3) is 0 Å². The van der Waals surface area contributed by atoms with E-state index in [1.165, 1.54) is 12.1 Å². The first-order valence-corrected chi connectivity index (χ1v) is 11.0. The van der Waals surface area contributed by atoms with Gasteiger partial charge in [0.1, 0.15) is 11.8 Å². The summed E-state index contributed by atoms with van der Waals surface area (Å²) in [6.07, 6.45) is 5.23. The quantitative estimate of drug-likeness (QED) is 0.606. The Bertz CT molecular complexity index is 1040. The third-order valence-electron chi connectivity index (χ3n) is 4.56. The maximum Gasteiger partial charge on any atom is 0.251 e. The highest BCUT2D eigenvalue weighted by atomic mass is 35.5. The fourth-order valence-electron chi connectivity index (χ4n) is 3.01. The molecule has 8 heteroatoms. The van der Waals surface area contributed by atoms with Crippen LogP contribution < -0.4 is 5.56 Å². The lowest BCUT2D eigenvalue weighted by molar-refractivity contribution is 0.0647. The lowest BCUT2D eigenvalue weighted by atomic mass is 10.1. The van der Waals surface area contributed by atoms with Crippen molar-refractivity contribution in [1.29, 1.82) is 0 Å². The van der Waals surface area contributed by atoms with Gasteiger partial charge in [0.05, 0.1) is 15.6 Å². The maximum absolute atomic E-state index is 12.0. The maximum atomic E-state index is 12.0. The number of aromatic nitrogens is 1. The predicted molar refractivity (Wildman–Crippen MR) is 105 cm³/mol. The number of aryl methyl sites for hydroxylation is 1. The van der Waals surface area contributed by atoms with Crippen LogP contribution in [0.1, 0.15) is 42.5 Å². The van der Waals surface area contributed by atoms with Crippen LogP contribution in [-0.4, -0.2) is 31.5 Å². The van der Waals surface area contributed by atoms with Gasteiger partial charge in [-0.05, 0) is 50.8 Å². The zero-order valence-electron chi connectivity index (χ0n) is 15.2. The predicted octanol–water partition coefficient (Wildman–Crippen LogP) is 3.45. The molecule has 0 radical (unpaired) electrons. The van der Waals surface area contributed by atoms with E-state index in [1.807, 2.05) is 0 Å². The van der Waals surface area contributed by atoms with Crippen molar-refractivity contribution in [3.05, 3.63) is 62.5 Å². The van der Waals surface area contributed by atoms with E-state index in [4.69, 9.17) is 16.4 Å². The summed E-state index contributed by atoms with van der Waals surface area (Å²) in [5, 5.41) is 4.38. The molecular formula is C19H21ClN2O4S. The van der Waals surface area contributed by atoms with Crippen LogP contribution in [0.15, 0.2) is 45.2 Å². The Hall–Kier alpha value is -2.12. The average molecular weight is 409 g/mol. The number of H-pyrrole nitrogens is 1. The molecule has 1 aromatic carbocycles. The molecule has 0 amide bonds. The van der Waals surface area contributed by atoms with Crippen molar-refractivity contribution in [2.75, 3.05) is 6.26 Å². The molecule has 27 heavy (non-hydrogen) atoms. The highest BCUT2D eigenvalue weighted by Gasteiger charge is 2.19. The van der Waals surface area contributed by atoms with Crippen LogP contribution in [-0.2, 0) is 14.7 Å². The number of oxime groups is 1. The van der Waals surface area contributed by atoms with Crippen molar-refractivity contribution in [3.63, 3.8) is 0 Å². The van der Waals surface area contributed by atoms with E-state index in [-0.39, 0.29) is 21.6 Å². The Morgan fingerprint density at radius 3 is 2.52 bits per heavy atom. The third-order valence-corrected chi connectivity index (χ3v) is 6.14. The number of aromatic amines is 1. The number of pyridine rings is 1. The second-order valence-electron chi connectivity index (χ2n) is 6.75. The van der Waals surface area contributed by atoms with E-state index in [1.54, 1.807) is 25.1 Å². The summed E-state index contributed by atoms with van der Waals surface area (Å²) in [6.45, 7) is 1.71. The van der Waals surface area contributed by atoms with E-state index < -0.39 is 9.84 Å². The molecule has 1 aliphatic rings. The Balaban J connectivity index is 2.06. The number of hydrogen-bond acceptors (Lipinski definition) is 5.